The second-order valence-electron chi connectivity index (χ2n) is 7.98. The van der Waals surface area contributed by atoms with Gasteiger partial charge in [-0.25, -0.2) is 0 Å². The summed E-state index contributed by atoms with van der Waals surface area (Å²) in [4.78, 5) is 15.6. The minimum atomic E-state index is 0.295. The molecule has 0 bridgehead atoms. The fourth-order valence-electron chi connectivity index (χ4n) is 4.54. The average Bonchev–Trinajstić information content (AvgIpc) is 2.72. The monoisotopic (exact) mass is 395 g/mol. The van der Waals surface area contributed by atoms with Gasteiger partial charge in [0, 0.05) is 35.7 Å². The van der Waals surface area contributed by atoms with E-state index in [0.29, 0.717) is 18.1 Å². The molecule has 2 aromatic rings. The summed E-state index contributed by atoms with van der Waals surface area (Å²) in [7, 11) is 4.00. The quantitative estimate of drug-likeness (QED) is 0.691. The average molecular weight is 396 g/mol. The number of likely N-dealkylation sites (N-methyl/N-ethyl adjacent to an activating group) is 1. The molecule has 0 amide bonds. The van der Waals surface area contributed by atoms with Gasteiger partial charge in [0.05, 0.1) is 7.11 Å². The molecule has 0 N–H and O–H groups in total. The van der Waals surface area contributed by atoms with E-state index in [0.717, 1.165) is 43.0 Å². The van der Waals surface area contributed by atoms with Gasteiger partial charge in [0.2, 0.25) is 0 Å². The van der Waals surface area contributed by atoms with Gasteiger partial charge in [0.1, 0.15) is 5.75 Å². The number of benzene rings is 2. The van der Waals surface area contributed by atoms with Crippen LogP contribution in [-0.2, 0) is 12.8 Å². The highest BCUT2D eigenvalue weighted by Crippen LogP contribution is 2.37. The lowest BCUT2D eigenvalue weighted by molar-refractivity contribution is 0.0985. The van der Waals surface area contributed by atoms with Crippen molar-refractivity contribution in [3.05, 3.63) is 58.7 Å². The van der Waals surface area contributed by atoms with Crippen LogP contribution in [0.1, 0.15) is 52.2 Å². The van der Waals surface area contributed by atoms with Crippen molar-refractivity contribution in [3.63, 3.8) is 0 Å². The number of thioether (sulfide) groups is 1. The van der Waals surface area contributed by atoms with Gasteiger partial charge in [-0.05, 0) is 67.5 Å². The molecule has 148 valence electrons. The van der Waals surface area contributed by atoms with E-state index in [9.17, 15) is 4.79 Å². The predicted octanol–water partition coefficient (Wildman–Crippen LogP) is 4.97. The molecule has 1 atom stereocenters. The number of hydrogen-bond donors (Lipinski definition) is 0. The first-order valence-corrected chi connectivity index (χ1v) is 11.3. The number of ether oxygens (including phenoxy) is 1. The van der Waals surface area contributed by atoms with Crippen LogP contribution >= 0.6 is 11.8 Å². The number of nitrogens with zero attached hydrogens (tertiary/aromatic N) is 1. The number of methoxy groups -OCH3 is 1. The lowest BCUT2D eigenvalue weighted by Crippen LogP contribution is -2.28. The van der Waals surface area contributed by atoms with Crippen LogP contribution < -0.4 is 4.74 Å². The molecule has 0 aromatic heterocycles. The second-order valence-corrected chi connectivity index (χ2v) is 9.12. The van der Waals surface area contributed by atoms with Crippen LogP contribution in [0.3, 0.4) is 0 Å². The van der Waals surface area contributed by atoms with Crippen LogP contribution in [0.2, 0.25) is 0 Å². The zero-order valence-corrected chi connectivity index (χ0v) is 17.7. The summed E-state index contributed by atoms with van der Waals surface area (Å²) in [5.74, 6) is 2.84. The number of hydrogen-bond acceptors (Lipinski definition) is 4. The molecule has 0 spiro atoms. The van der Waals surface area contributed by atoms with Gasteiger partial charge >= 0.3 is 0 Å². The molecular weight excluding hydrogens is 366 g/mol. The van der Waals surface area contributed by atoms with Crippen LogP contribution in [0.4, 0.5) is 0 Å². The van der Waals surface area contributed by atoms with Gasteiger partial charge in [0.15, 0.2) is 5.78 Å². The van der Waals surface area contributed by atoms with Gasteiger partial charge < -0.3 is 9.64 Å². The zero-order valence-electron chi connectivity index (χ0n) is 16.9. The molecule has 1 heterocycles. The van der Waals surface area contributed by atoms with Crippen molar-refractivity contribution in [1.82, 2.24) is 4.90 Å². The van der Waals surface area contributed by atoms with Crippen LogP contribution in [0, 0.1) is 0 Å². The second kappa shape index (κ2) is 8.71. The summed E-state index contributed by atoms with van der Waals surface area (Å²) in [6.07, 6.45) is 5.32. The third kappa shape index (κ3) is 4.13. The number of ketones is 1. The molecule has 0 radical (unpaired) electrons. The van der Waals surface area contributed by atoms with Crippen molar-refractivity contribution in [2.75, 3.05) is 33.0 Å². The Bertz CT molecular complexity index is 864. The maximum Gasteiger partial charge on any atom is 0.164 e. The Kier molecular flexibility index (Phi) is 6.07. The number of carbonyl (C=O) groups is 1. The maximum atomic E-state index is 12.0. The summed E-state index contributed by atoms with van der Waals surface area (Å²) in [6, 6.07) is 12.9. The van der Waals surface area contributed by atoms with Gasteiger partial charge in [-0.15, -0.1) is 11.8 Å². The van der Waals surface area contributed by atoms with Crippen molar-refractivity contribution < 1.29 is 9.53 Å². The summed E-state index contributed by atoms with van der Waals surface area (Å²) in [5.41, 5.74) is 5.13. The summed E-state index contributed by atoms with van der Waals surface area (Å²) < 4.78 is 5.58. The molecule has 28 heavy (non-hydrogen) atoms. The fourth-order valence-corrected chi connectivity index (χ4v) is 5.62. The van der Waals surface area contributed by atoms with Gasteiger partial charge in [0.25, 0.3) is 0 Å². The van der Waals surface area contributed by atoms with Crippen LogP contribution in [0.25, 0.3) is 0 Å². The highest BCUT2D eigenvalue weighted by atomic mass is 32.2. The largest absolute Gasteiger partial charge is 0.496 e. The van der Waals surface area contributed by atoms with E-state index in [1.165, 1.54) is 34.4 Å². The Labute approximate surface area is 172 Å². The molecule has 2 aromatic carbocycles. The number of carbonyl (C=O) groups excluding carboxylic acids is 1. The molecule has 1 unspecified atom stereocenters. The molecule has 0 fully saturated rings. The zero-order chi connectivity index (χ0) is 19.5. The van der Waals surface area contributed by atoms with E-state index in [1.807, 2.05) is 17.8 Å². The van der Waals surface area contributed by atoms with Crippen molar-refractivity contribution in [2.24, 2.45) is 0 Å². The normalized spacial score (nSPS) is 18.7. The van der Waals surface area contributed by atoms with E-state index >= 15 is 0 Å². The molecule has 4 rings (SSSR count). The van der Waals surface area contributed by atoms with Crippen molar-refractivity contribution >= 4 is 17.5 Å². The predicted molar refractivity (Wildman–Crippen MR) is 116 cm³/mol. The van der Waals surface area contributed by atoms with Gasteiger partial charge in [-0.3, -0.25) is 4.79 Å². The Morgan fingerprint density at radius 3 is 2.96 bits per heavy atom. The minimum Gasteiger partial charge on any atom is -0.496 e. The molecule has 0 saturated heterocycles. The van der Waals surface area contributed by atoms with Crippen LogP contribution in [0.5, 0.6) is 5.75 Å². The molecule has 1 aliphatic carbocycles. The van der Waals surface area contributed by atoms with E-state index in [4.69, 9.17) is 4.74 Å². The SMILES string of the molecule is COc1cccc2c1CCCC2CN(C)CCc1ccc2c(c1)SCCC2=O. The number of fused-ring (bicyclic) bond motifs is 2. The summed E-state index contributed by atoms with van der Waals surface area (Å²) >= 11 is 1.82. The fraction of sp³-hybridized carbons (Fsp3) is 0.458. The van der Waals surface area contributed by atoms with Crippen LogP contribution in [0.15, 0.2) is 41.3 Å². The Balaban J connectivity index is 1.38. The summed E-state index contributed by atoms with van der Waals surface area (Å²) in [5, 5.41) is 0. The Hall–Kier alpha value is -1.78. The molecule has 2 aliphatic rings. The molecule has 0 saturated carbocycles. The Morgan fingerprint density at radius 1 is 1.21 bits per heavy atom. The van der Waals surface area contributed by atoms with E-state index in [1.54, 1.807) is 7.11 Å². The molecule has 1 aliphatic heterocycles. The van der Waals surface area contributed by atoms with Gasteiger partial charge in [-0.1, -0.05) is 24.3 Å². The smallest absolute Gasteiger partial charge is 0.164 e. The lowest BCUT2D eigenvalue weighted by atomic mass is 9.82. The highest BCUT2D eigenvalue weighted by Gasteiger charge is 2.24. The van der Waals surface area contributed by atoms with Crippen molar-refractivity contribution in [1.29, 1.82) is 0 Å². The molecular formula is C24H29NO2S. The summed E-state index contributed by atoms with van der Waals surface area (Å²) in [6.45, 7) is 2.12. The minimum absolute atomic E-state index is 0.295. The van der Waals surface area contributed by atoms with E-state index in [-0.39, 0.29) is 0 Å². The number of Topliss-reactive ketones (excluding diaryl/α,β-unsaturated/α-hetero) is 1. The lowest BCUT2D eigenvalue weighted by Gasteiger charge is -2.30. The Morgan fingerprint density at radius 2 is 2.11 bits per heavy atom. The van der Waals surface area contributed by atoms with Crippen LogP contribution in [-0.4, -0.2) is 43.7 Å². The van der Waals surface area contributed by atoms with E-state index < -0.39 is 0 Å². The first-order valence-electron chi connectivity index (χ1n) is 10.3. The maximum absolute atomic E-state index is 12.0. The third-order valence-corrected chi connectivity index (χ3v) is 7.11. The van der Waals surface area contributed by atoms with E-state index in [2.05, 4.69) is 42.3 Å². The third-order valence-electron chi connectivity index (χ3n) is 6.06. The first kappa shape index (κ1) is 19.5. The van der Waals surface area contributed by atoms with Crippen molar-refractivity contribution in [3.8, 4) is 5.75 Å². The number of rotatable bonds is 6. The highest BCUT2D eigenvalue weighted by molar-refractivity contribution is 7.99. The van der Waals surface area contributed by atoms with Crippen molar-refractivity contribution in [2.45, 2.75) is 42.9 Å². The van der Waals surface area contributed by atoms with Gasteiger partial charge in [-0.2, -0.15) is 0 Å². The molecule has 4 heteroatoms. The molecule has 3 nitrogen and oxygen atoms in total. The standard InChI is InChI=1S/C24H29NO2S/c1-25(13-11-17-9-10-21-22(26)12-14-28-24(21)15-17)16-18-5-3-7-20-19(18)6-4-8-23(20)27-2/h4,6,8-10,15,18H,3,5,7,11-14,16H2,1-2H3. The topological polar surface area (TPSA) is 29.5 Å². The first-order chi connectivity index (χ1) is 13.7.